The van der Waals surface area contributed by atoms with Crippen LogP contribution < -0.4 is 10.6 Å². The summed E-state index contributed by atoms with van der Waals surface area (Å²) in [5, 5.41) is 6.14. The van der Waals surface area contributed by atoms with E-state index in [4.69, 9.17) is 4.74 Å². The first kappa shape index (κ1) is 20.8. The van der Waals surface area contributed by atoms with Gasteiger partial charge in [0.15, 0.2) is 0 Å². The van der Waals surface area contributed by atoms with E-state index >= 15 is 0 Å². The van der Waals surface area contributed by atoms with Gasteiger partial charge in [-0.05, 0) is 43.7 Å². The number of ether oxygens (including phenoxy) is 1. The first-order chi connectivity index (χ1) is 13.6. The first-order valence-corrected chi connectivity index (χ1v) is 10.5. The number of nitrogens with zero attached hydrogens (tertiary/aromatic N) is 1. The zero-order chi connectivity index (χ0) is 19.8. The van der Waals surface area contributed by atoms with Gasteiger partial charge in [-0.25, -0.2) is 0 Å². The Morgan fingerprint density at radius 2 is 1.61 bits per heavy atom. The first-order valence-electron chi connectivity index (χ1n) is 10.5. The second kappa shape index (κ2) is 10.6. The fourth-order valence-electron chi connectivity index (χ4n) is 4.06. The van der Waals surface area contributed by atoms with E-state index in [0.717, 1.165) is 64.1 Å². The number of hydrogen-bond acceptors (Lipinski definition) is 4. The molecule has 1 aliphatic carbocycles. The van der Waals surface area contributed by atoms with Crippen molar-refractivity contribution >= 4 is 11.8 Å². The number of aryl methyl sites for hydroxylation is 1. The minimum atomic E-state index is 0.0291. The second-order valence-electron chi connectivity index (χ2n) is 7.94. The molecule has 0 spiro atoms. The van der Waals surface area contributed by atoms with Crippen molar-refractivity contribution in [1.82, 2.24) is 15.5 Å². The SMILES string of the molecule is Cc1ccccc1CNC(=O)C1CCC(C(=O)NCCN2CCOCC2)CC1. The smallest absolute Gasteiger partial charge is 0.223 e. The Bertz CT molecular complexity index is 650. The number of carbonyl (C=O) groups is 2. The molecule has 6 nitrogen and oxygen atoms in total. The molecule has 2 N–H and O–H groups in total. The third kappa shape index (κ3) is 6.04. The number of nitrogens with one attached hydrogen (secondary N) is 2. The van der Waals surface area contributed by atoms with Crippen molar-refractivity contribution in [2.24, 2.45) is 11.8 Å². The van der Waals surface area contributed by atoms with Crippen molar-refractivity contribution in [1.29, 1.82) is 0 Å². The molecular formula is C22H33N3O3. The monoisotopic (exact) mass is 387 g/mol. The molecule has 0 unspecified atom stereocenters. The van der Waals surface area contributed by atoms with Crippen LogP contribution in [0.25, 0.3) is 0 Å². The third-order valence-corrected chi connectivity index (χ3v) is 6.01. The Labute approximate surface area is 168 Å². The lowest BCUT2D eigenvalue weighted by Gasteiger charge is -2.28. The summed E-state index contributed by atoms with van der Waals surface area (Å²) in [6.07, 6.45) is 3.18. The van der Waals surface area contributed by atoms with Gasteiger partial charge in [-0.3, -0.25) is 14.5 Å². The normalized spacial score (nSPS) is 23.2. The Balaban J connectivity index is 1.33. The van der Waals surface area contributed by atoms with E-state index < -0.39 is 0 Å². The van der Waals surface area contributed by atoms with E-state index in [9.17, 15) is 9.59 Å². The van der Waals surface area contributed by atoms with Crippen LogP contribution in [0.1, 0.15) is 36.8 Å². The summed E-state index contributed by atoms with van der Waals surface area (Å²) < 4.78 is 5.34. The van der Waals surface area contributed by atoms with Gasteiger partial charge in [0.2, 0.25) is 11.8 Å². The molecule has 1 aromatic rings. The molecule has 2 aliphatic rings. The van der Waals surface area contributed by atoms with Crippen LogP contribution >= 0.6 is 0 Å². The lowest BCUT2D eigenvalue weighted by molar-refractivity contribution is -0.130. The summed E-state index contributed by atoms with van der Waals surface area (Å²) in [7, 11) is 0. The minimum absolute atomic E-state index is 0.0291. The Morgan fingerprint density at radius 3 is 2.25 bits per heavy atom. The number of morpholine rings is 1. The van der Waals surface area contributed by atoms with Crippen molar-refractivity contribution in [2.75, 3.05) is 39.4 Å². The molecule has 1 aliphatic heterocycles. The lowest BCUT2D eigenvalue weighted by Crippen LogP contribution is -2.43. The second-order valence-corrected chi connectivity index (χ2v) is 7.94. The third-order valence-electron chi connectivity index (χ3n) is 6.01. The van der Waals surface area contributed by atoms with Crippen LogP contribution in [0, 0.1) is 18.8 Å². The number of amides is 2. The minimum Gasteiger partial charge on any atom is -0.379 e. The molecule has 0 aromatic heterocycles. The molecule has 0 radical (unpaired) electrons. The topological polar surface area (TPSA) is 70.7 Å². The quantitative estimate of drug-likeness (QED) is 0.749. The molecular weight excluding hydrogens is 354 g/mol. The molecule has 3 rings (SSSR count). The van der Waals surface area contributed by atoms with Crippen LogP contribution in [0.2, 0.25) is 0 Å². The molecule has 1 aromatic carbocycles. The Morgan fingerprint density at radius 1 is 1.00 bits per heavy atom. The van der Waals surface area contributed by atoms with Crippen molar-refractivity contribution in [3.05, 3.63) is 35.4 Å². The average Bonchev–Trinajstić information content (AvgIpc) is 2.74. The van der Waals surface area contributed by atoms with Crippen LogP contribution in [0.5, 0.6) is 0 Å². The van der Waals surface area contributed by atoms with Crippen LogP contribution in [0.3, 0.4) is 0 Å². The van der Waals surface area contributed by atoms with Gasteiger partial charge < -0.3 is 15.4 Å². The van der Waals surface area contributed by atoms with Gasteiger partial charge in [0.1, 0.15) is 0 Å². The van der Waals surface area contributed by atoms with Crippen LogP contribution in [0.4, 0.5) is 0 Å². The number of hydrogen-bond donors (Lipinski definition) is 2. The molecule has 0 atom stereocenters. The number of carbonyl (C=O) groups excluding carboxylic acids is 2. The molecule has 1 saturated heterocycles. The zero-order valence-electron chi connectivity index (χ0n) is 16.9. The van der Waals surface area contributed by atoms with Crippen molar-refractivity contribution in [3.8, 4) is 0 Å². The molecule has 1 saturated carbocycles. The van der Waals surface area contributed by atoms with E-state index in [-0.39, 0.29) is 23.7 Å². The maximum absolute atomic E-state index is 12.5. The standard InChI is InChI=1S/C22H33N3O3/c1-17-4-2-3-5-20(17)16-24-22(27)19-8-6-18(7-9-19)21(26)23-10-11-25-12-14-28-15-13-25/h2-5,18-19H,6-16H2,1H3,(H,23,26)(H,24,27). The van der Waals surface area contributed by atoms with Gasteiger partial charge in [-0.2, -0.15) is 0 Å². The van der Waals surface area contributed by atoms with Gasteiger partial charge in [-0.15, -0.1) is 0 Å². The highest BCUT2D eigenvalue weighted by atomic mass is 16.5. The summed E-state index contributed by atoms with van der Waals surface area (Å²) in [4.78, 5) is 27.2. The molecule has 28 heavy (non-hydrogen) atoms. The predicted octanol–water partition coefficient (Wildman–Crippen LogP) is 1.87. The van der Waals surface area contributed by atoms with E-state index in [2.05, 4.69) is 28.5 Å². The highest BCUT2D eigenvalue weighted by Gasteiger charge is 2.29. The summed E-state index contributed by atoms with van der Waals surface area (Å²) in [6, 6.07) is 8.11. The molecule has 0 bridgehead atoms. The van der Waals surface area contributed by atoms with Gasteiger partial charge in [0.25, 0.3) is 0 Å². The summed E-state index contributed by atoms with van der Waals surface area (Å²) in [5.41, 5.74) is 2.35. The molecule has 2 fully saturated rings. The lowest BCUT2D eigenvalue weighted by atomic mass is 9.81. The summed E-state index contributed by atoms with van der Waals surface area (Å²) >= 11 is 0. The molecule has 6 heteroatoms. The van der Waals surface area contributed by atoms with E-state index in [1.807, 2.05) is 18.2 Å². The molecule has 1 heterocycles. The van der Waals surface area contributed by atoms with E-state index in [1.165, 1.54) is 5.56 Å². The van der Waals surface area contributed by atoms with Crippen molar-refractivity contribution in [3.63, 3.8) is 0 Å². The van der Waals surface area contributed by atoms with Crippen LogP contribution in [0.15, 0.2) is 24.3 Å². The maximum Gasteiger partial charge on any atom is 0.223 e. The van der Waals surface area contributed by atoms with Gasteiger partial charge in [-0.1, -0.05) is 24.3 Å². The maximum atomic E-state index is 12.5. The molecule has 2 amide bonds. The van der Waals surface area contributed by atoms with Gasteiger partial charge >= 0.3 is 0 Å². The van der Waals surface area contributed by atoms with Crippen LogP contribution in [-0.2, 0) is 20.9 Å². The molecule has 154 valence electrons. The Hall–Kier alpha value is -1.92. The fraction of sp³-hybridized carbons (Fsp3) is 0.636. The number of rotatable bonds is 7. The number of benzene rings is 1. The predicted molar refractivity (Wildman–Crippen MR) is 109 cm³/mol. The summed E-state index contributed by atoms with van der Waals surface area (Å²) in [6.45, 7) is 7.66. The summed E-state index contributed by atoms with van der Waals surface area (Å²) in [5.74, 6) is 0.341. The Kier molecular flexibility index (Phi) is 7.86. The van der Waals surface area contributed by atoms with Crippen molar-refractivity contribution in [2.45, 2.75) is 39.2 Å². The largest absolute Gasteiger partial charge is 0.379 e. The van der Waals surface area contributed by atoms with E-state index in [0.29, 0.717) is 13.1 Å². The highest BCUT2D eigenvalue weighted by Crippen LogP contribution is 2.29. The zero-order valence-corrected chi connectivity index (χ0v) is 16.9. The van der Waals surface area contributed by atoms with Gasteiger partial charge in [0.05, 0.1) is 13.2 Å². The van der Waals surface area contributed by atoms with Crippen molar-refractivity contribution < 1.29 is 14.3 Å². The average molecular weight is 388 g/mol. The van der Waals surface area contributed by atoms with E-state index in [1.54, 1.807) is 0 Å². The van der Waals surface area contributed by atoms with Gasteiger partial charge in [0, 0.05) is 44.6 Å². The van der Waals surface area contributed by atoms with Crippen LogP contribution in [-0.4, -0.2) is 56.1 Å². The fourth-order valence-corrected chi connectivity index (χ4v) is 4.06. The highest BCUT2D eigenvalue weighted by molar-refractivity contribution is 5.81.